The second kappa shape index (κ2) is 7.20. The van der Waals surface area contributed by atoms with Gasteiger partial charge in [0.15, 0.2) is 0 Å². The Labute approximate surface area is 131 Å². The van der Waals surface area contributed by atoms with Crippen molar-refractivity contribution in [2.45, 2.75) is 25.9 Å². The first-order valence-electron chi connectivity index (χ1n) is 5.84. The lowest BCUT2D eigenvalue weighted by atomic mass is 10.0. The second-order valence-corrected chi connectivity index (χ2v) is 6.50. The van der Waals surface area contributed by atoms with E-state index in [0.29, 0.717) is 12.0 Å². The van der Waals surface area contributed by atoms with Crippen LogP contribution in [-0.4, -0.2) is 29.0 Å². The van der Waals surface area contributed by atoms with E-state index in [0.717, 1.165) is 34.3 Å². The number of nitrogens with zero attached hydrogens (tertiary/aromatic N) is 2. The first kappa shape index (κ1) is 16.4. The Morgan fingerprint density at radius 3 is 2.83 bits per heavy atom. The fraction of sp³-hybridized carbons (Fsp3) is 0.583. The van der Waals surface area contributed by atoms with E-state index in [-0.39, 0.29) is 12.4 Å². The van der Waals surface area contributed by atoms with Gasteiger partial charge in [-0.2, -0.15) is 0 Å². The average Bonchev–Trinajstić information content (AvgIpc) is 2.71. The molecule has 1 saturated heterocycles. The highest BCUT2D eigenvalue weighted by Crippen LogP contribution is 2.24. The highest BCUT2D eigenvalue weighted by molar-refractivity contribution is 9.11. The molecule has 2 atom stereocenters. The number of aromatic nitrogens is 1. The summed E-state index contributed by atoms with van der Waals surface area (Å²) in [5.74, 6) is 0.629. The van der Waals surface area contributed by atoms with Crippen LogP contribution in [0.1, 0.15) is 19.0 Å². The Morgan fingerprint density at radius 2 is 2.28 bits per heavy atom. The predicted octanol–water partition coefficient (Wildman–Crippen LogP) is 3.20. The van der Waals surface area contributed by atoms with Crippen molar-refractivity contribution >= 4 is 44.3 Å². The van der Waals surface area contributed by atoms with Crippen LogP contribution in [0.5, 0.6) is 0 Å². The molecule has 1 fully saturated rings. The Balaban J connectivity index is 0.00000162. The summed E-state index contributed by atoms with van der Waals surface area (Å²) in [5, 5.41) is 0. The summed E-state index contributed by atoms with van der Waals surface area (Å²) in [4.78, 5) is 6.87. The zero-order chi connectivity index (χ0) is 12.4. The van der Waals surface area contributed by atoms with Gasteiger partial charge in [0.05, 0.1) is 5.69 Å². The van der Waals surface area contributed by atoms with Gasteiger partial charge in [-0.25, -0.2) is 0 Å². The third-order valence-electron chi connectivity index (χ3n) is 3.31. The lowest BCUT2D eigenvalue weighted by Gasteiger charge is -2.18. The molecule has 3 nitrogen and oxygen atoms in total. The van der Waals surface area contributed by atoms with Crippen LogP contribution < -0.4 is 5.73 Å². The number of nitrogens with two attached hydrogens (primary N) is 1. The molecule has 1 aromatic heterocycles. The second-order valence-electron chi connectivity index (χ2n) is 4.73. The van der Waals surface area contributed by atoms with Gasteiger partial charge in [-0.3, -0.25) is 9.88 Å². The van der Waals surface area contributed by atoms with E-state index in [1.54, 1.807) is 0 Å². The molecule has 0 aromatic carbocycles. The van der Waals surface area contributed by atoms with Crippen molar-refractivity contribution in [1.82, 2.24) is 9.88 Å². The molecular formula is C12H18Br2ClN3. The molecule has 0 bridgehead atoms. The SMILES string of the molecule is CC(N)C1CCN(Cc2ncc(Br)cc2Br)C1.Cl. The van der Waals surface area contributed by atoms with Gasteiger partial charge in [-0.1, -0.05) is 0 Å². The van der Waals surface area contributed by atoms with Gasteiger partial charge in [0.25, 0.3) is 0 Å². The van der Waals surface area contributed by atoms with Crippen LogP contribution >= 0.6 is 44.3 Å². The Bertz CT molecular complexity index is 401. The third kappa shape index (κ3) is 4.17. The van der Waals surface area contributed by atoms with Crippen molar-refractivity contribution < 1.29 is 0 Å². The normalized spacial score (nSPS) is 21.7. The summed E-state index contributed by atoms with van der Waals surface area (Å²) >= 11 is 6.97. The van der Waals surface area contributed by atoms with Crippen LogP contribution in [0, 0.1) is 5.92 Å². The first-order chi connectivity index (χ1) is 8.06. The molecule has 1 aromatic rings. The van der Waals surface area contributed by atoms with Crippen LogP contribution in [-0.2, 0) is 6.54 Å². The van der Waals surface area contributed by atoms with Gasteiger partial charge >= 0.3 is 0 Å². The van der Waals surface area contributed by atoms with Gasteiger partial charge in [0, 0.05) is 34.3 Å². The summed E-state index contributed by atoms with van der Waals surface area (Å²) in [6, 6.07) is 2.34. The number of likely N-dealkylation sites (tertiary alicyclic amines) is 1. The largest absolute Gasteiger partial charge is 0.328 e. The zero-order valence-corrected chi connectivity index (χ0v) is 14.3. The molecule has 0 aliphatic carbocycles. The molecule has 2 N–H and O–H groups in total. The van der Waals surface area contributed by atoms with Crippen molar-refractivity contribution in [3.63, 3.8) is 0 Å². The molecule has 1 aliphatic rings. The maximum atomic E-state index is 5.95. The minimum absolute atomic E-state index is 0. The monoisotopic (exact) mass is 397 g/mol. The smallest absolute Gasteiger partial charge is 0.0686 e. The fourth-order valence-corrected chi connectivity index (χ4v) is 3.32. The quantitative estimate of drug-likeness (QED) is 0.849. The molecule has 2 rings (SSSR count). The van der Waals surface area contributed by atoms with E-state index in [1.165, 1.54) is 6.42 Å². The van der Waals surface area contributed by atoms with E-state index in [4.69, 9.17) is 5.73 Å². The summed E-state index contributed by atoms with van der Waals surface area (Å²) in [7, 11) is 0. The molecule has 1 aliphatic heterocycles. The molecule has 102 valence electrons. The molecular weight excluding hydrogens is 381 g/mol. The summed E-state index contributed by atoms with van der Waals surface area (Å²) in [5.41, 5.74) is 7.04. The van der Waals surface area contributed by atoms with Gasteiger partial charge in [0.1, 0.15) is 0 Å². The summed E-state index contributed by atoms with van der Waals surface area (Å²) < 4.78 is 2.07. The van der Waals surface area contributed by atoms with Crippen molar-refractivity contribution in [2.24, 2.45) is 11.7 Å². The Kier molecular flexibility index (Phi) is 6.55. The van der Waals surface area contributed by atoms with Gasteiger partial charge in [-0.05, 0) is 63.7 Å². The predicted molar refractivity (Wildman–Crippen MR) is 83.9 cm³/mol. The lowest BCUT2D eigenvalue weighted by Crippen LogP contribution is -2.29. The number of hydrogen-bond donors (Lipinski definition) is 1. The van der Waals surface area contributed by atoms with Gasteiger partial charge < -0.3 is 5.73 Å². The molecule has 0 amide bonds. The van der Waals surface area contributed by atoms with E-state index in [2.05, 4.69) is 48.7 Å². The number of rotatable bonds is 3. The topological polar surface area (TPSA) is 42.1 Å². The molecule has 2 heterocycles. The highest BCUT2D eigenvalue weighted by atomic mass is 79.9. The number of pyridine rings is 1. The van der Waals surface area contributed by atoms with E-state index in [9.17, 15) is 0 Å². The maximum Gasteiger partial charge on any atom is 0.0686 e. The van der Waals surface area contributed by atoms with Crippen molar-refractivity contribution in [3.05, 3.63) is 26.9 Å². The fourth-order valence-electron chi connectivity index (χ4n) is 2.21. The maximum absolute atomic E-state index is 5.95. The van der Waals surface area contributed by atoms with Crippen LogP contribution in [0.25, 0.3) is 0 Å². The molecule has 2 unspecified atom stereocenters. The minimum Gasteiger partial charge on any atom is -0.328 e. The van der Waals surface area contributed by atoms with Crippen LogP contribution in [0.15, 0.2) is 21.2 Å². The molecule has 0 radical (unpaired) electrons. The number of hydrogen-bond acceptors (Lipinski definition) is 3. The van der Waals surface area contributed by atoms with E-state index in [1.807, 2.05) is 12.3 Å². The van der Waals surface area contributed by atoms with Crippen LogP contribution in [0.2, 0.25) is 0 Å². The lowest BCUT2D eigenvalue weighted by molar-refractivity contribution is 0.304. The van der Waals surface area contributed by atoms with Crippen molar-refractivity contribution in [2.75, 3.05) is 13.1 Å². The minimum atomic E-state index is 0. The number of halogens is 3. The standard InChI is InChI=1S/C12H17Br2N3.ClH/c1-8(15)9-2-3-17(6-9)7-12-11(14)4-10(13)5-16-12;/h4-5,8-9H,2-3,6-7,15H2,1H3;1H. The Hall–Kier alpha value is 0.320. The van der Waals surface area contributed by atoms with E-state index < -0.39 is 0 Å². The summed E-state index contributed by atoms with van der Waals surface area (Å²) in [6.07, 6.45) is 3.05. The van der Waals surface area contributed by atoms with Gasteiger partial charge in [-0.15, -0.1) is 12.4 Å². The van der Waals surface area contributed by atoms with Crippen molar-refractivity contribution in [3.8, 4) is 0 Å². The van der Waals surface area contributed by atoms with Crippen LogP contribution in [0.3, 0.4) is 0 Å². The molecule has 6 heteroatoms. The van der Waals surface area contributed by atoms with E-state index >= 15 is 0 Å². The molecule has 0 spiro atoms. The average molecular weight is 400 g/mol. The van der Waals surface area contributed by atoms with Gasteiger partial charge in [0.2, 0.25) is 0 Å². The zero-order valence-electron chi connectivity index (χ0n) is 10.3. The third-order valence-corrected chi connectivity index (χ3v) is 4.43. The highest BCUT2D eigenvalue weighted by Gasteiger charge is 2.25. The molecule has 18 heavy (non-hydrogen) atoms. The van der Waals surface area contributed by atoms with Crippen molar-refractivity contribution in [1.29, 1.82) is 0 Å². The Morgan fingerprint density at radius 1 is 1.56 bits per heavy atom. The molecule has 0 saturated carbocycles. The first-order valence-corrected chi connectivity index (χ1v) is 7.42. The summed E-state index contributed by atoms with van der Waals surface area (Å²) in [6.45, 7) is 5.21. The van der Waals surface area contributed by atoms with Crippen LogP contribution in [0.4, 0.5) is 0 Å².